The van der Waals surface area contributed by atoms with Crippen LogP contribution in [0, 0.1) is 24.4 Å². The molecule has 1 N–H and O–H groups in total. The molecule has 0 saturated carbocycles. The first-order valence-electron chi connectivity index (χ1n) is 6.09. The van der Waals surface area contributed by atoms with Crippen molar-refractivity contribution >= 4 is 23.4 Å². The molecule has 0 aliphatic rings. The van der Waals surface area contributed by atoms with Gasteiger partial charge in [0.2, 0.25) is 5.91 Å². The van der Waals surface area contributed by atoms with Crippen molar-refractivity contribution in [3.05, 3.63) is 59.4 Å². The van der Waals surface area contributed by atoms with Crippen LogP contribution in [0.5, 0.6) is 0 Å². The van der Waals surface area contributed by atoms with Crippen LogP contribution in [-0.4, -0.2) is 11.7 Å². The fourth-order valence-electron chi connectivity index (χ4n) is 1.64. The summed E-state index contributed by atoms with van der Waals surface area (Å²) in [5.74, 6) is -2.88. The van der Waals surface area contributed by atoms with Crippen molar-refractivity contribution in [2.75, 3.05) is 11.1 Å². The maximum absolute atomic E-state index is 13.5. The molecule has 2 aromatic carbocycles. The second-order valence-corrected chi connectivity index (χ2v) is 5.44. The zero-order chi connectivity index (χ0) is 15.4. The molecule has 1 amide bonds. The van der Waals surface area contributed by atoms with E-state index in [0.29, 0.717) is 4.90 Å². The zero-order valence-corrected chi connectivity index (χ0v) is 11.9. The number of carbonyl (C=O) groups is 1. The summed E-state index contributed by atoms with van der Waals surface area (Å²) in [4.78, 5) is 12.2. The number of halogens is 3. The minimum Gasteiger partial charge on any atom is -0.323 e. The molecular weight excluding hydrogens is 299 g/mol. The molecule has 110 valence electrons. The zero-order valence-electron chi connectivity index (χ0n) is 11.1. The van der Waals surface area contributed by atoms with Gasteiger partial charge < -0.3 is 5.32 Å². The van der Waals surface area contributed by atoms with Gasteiger partial charge in [-0.2, -0.15) is 0 Å². The van der Waals surface area contributed by atoms with E-state index >= 15 is 0 Å². The molecule has 0 radical (unpaired) electrons. The first-order valence-corrected chi connectivity index (χ1v) is 7.08. The van der Waals surface area contributed by atoms with Crippen LogP contribution >= 0.6 is 11.8 Å². The highest BCUT2D eigenvalue weighted by Gasteiger charge is 2.09. The third-order valence-electron chi connectivity index (χ3n) is 2.66. The number of anilines is 1. The number of rotatable bonds is 4. The van der Waals surface area contributed by atoms with Gasteiger partial charge in [0.15, 0.2) is 11.6 Å². The van der Waals surface area contributed by atoms with E-state index in [1.54, 1.807) is 13.0 Å². The second kappa shape index (κ2) is 6.67. The third-order valence-corrected chi connectivity index (χ3v) is 3.65. The van der Waals surface area contributed by atoms with Crippen molar-refractivity contribution in [2.24, 2.45) is 0 Å². The Bertz CT molecular complexity index is 676. The molecule has 0 spiro atoms. The maximum Gasteiger partial charge on any atom is 0.234 e. The molecule has 0 aliphatic carbocycles. The summed E-state index contributed by atoms with van der Waals surface area (Å²) in [7, 11) is 0. The van der Waals surface area contributed by atoms with E-state index in [9.17, 15) is 18.0 Å². The average Bonchev–Trinajstić information content (AvgIpc) is 2.44. The summed E-state index contributed by atoms with van der Waals surface area (Å²) in [6.07, 6.45) is 0. The SMILES string of the molecule is Cc1ccc(F)c(NC(=O)CSc2ccc(F)c(F)c2)c1. The van der Waals surface area contributed by atoms with Gasteiger partial charge in [0.1, 0.15) is 5.82 Å². The van der Waals surface area contributed by atoms with E-state index in [2.05, 4.69) is 5.32 Å². The van der Waals surface area contributed by atoms with E-state index in [1.807, 2.05) is 0 Å². The van der Waals surface area contributed by atoms with Gasteiger partial charge in [-0.05, 0) is 42.8 Å². The summed E-state index contributed by atoms with van der Waals surface area (Å²) in [5, 5.41) is 2.44. The molecule has 21 heavy (non-hydrogen) atoms. The molecular formula is C15H12F3NOS. The van der Waals surface area contributed by atoms with Crippen LogP contribution in [-0.2, 0) is 4.79 Å². The van der Waals surface area contributed by atoms with Gasteiger partial charge in [-0.1, -0.05) is 6.07 Å². The highest BCUT2D eigenvalue weighted by molar-refractivity contribution is 8.00. The van der Waals surface area contributed by atoms with E-state index in [-0.39, 0.29) is 11.4 Å². The monoisotopic (exact) mass is 311 g/mol. The molecule has 0 saturated heterocycles. The number of nitrogens with one attached hydrogen (secondary N) is 1. The number of carbonyl (C=O) groups excluding carboxylic acids is 1. The lowest BCUT2D eigenvalue weighted by Crippen LogP contribution is -2.15. The average molecular weight is 311 g/mol. The maximum atomic E-state index is 13.5. The molecule has 0 fully saturated rings. The Labute approximate surface area is 124 Å². The van der Waals surface area contributed by atoms with Crippen LogP contribution in [0.15, 0.2) is 41.3 Å². The lowest BCUT2D eigenvalue weighted by Gasteiger charge is -2.07. The molecule has 6 heteroatoms. The van der Waals surface area contributed by atoms with Gasteiger partial charge in [-0.25, -0.2) is 13.2 Å². The fraction of sp³-hybridized carbons (Fsp3) is 0.133. The molecule has 2 aromatic rings. The number of benzene rings is 2. The summed E-state index contributed by atoms with van der Waals surface area (Å²) in [6, 6.07) is 7.78. The molecule has 0 bridgehead atoms. The number of hydrogen-bond acceptors (Lipinski definition) is 2. The Morgan fingerprint density at radius 3 is 2.48 bits per heavy atom. The van der Waals surface area contributed by atoms with Crippen molar-refractivity contribution in [1.29, 1.82) is 0 Å². The van der Waals surface area contributed by atoms with Crippen LogP contribution in [0.25, 0.3) is 0 Å². The molecule has 0 unspecified atom stereocenters. The standard InChI is InChI=1S/C15H12F3NOS/c1-9-2-4-12(17)14(6-9)19-15(20)8-21-10-3-5-11(16)13(18)7-10/h2-7H,8H2,1H3,(H,19,20). The molecule has 0 atom stereocenters. The molecule has 0 aliphatic heterocycles. The second-order valence-electron chi connectivity index (χ2n) is 4.40. The Kier molecular flexibility index (Phi) is 4.90. The van der Waals surface area contributed by atoms with Crippen LogP contribution in [0.2, 0.25) is 0 Å². The molecule has 2 nitrogen and oxygen atoms in total. The van der Waals surface area contributed by atoms with Crippen molar-refractivity contribution < 1.29 is 18.0 Å². The predicted molar refractivity (Wildman–Crippen MR) is 76.8 cm³/mol. The van der Waals surface area contributed by atoms with Gasteiger partial charge in [0.05, 0.1) is 11.4 Å². The lowest BCUT2D eigenvalue weighted by atomic mass is 10.2. The van der Waals surface area contributed by atoms with E-state index in [4.69, 9.17) is 0 Å². The van der Waals surface area contributed by atoms with Gasteiger partial charge in [-0.3, -0.25) is 4.79 Å². The van der Waals surface area contributed by atoms with Crippen LogP contribution in [0.4, 0.5) is 18.9 Å². The van der Waals surface area contributed by atoms with E-state index in [1.165, 1.54) is 18.2 Å². The van der Waals surface area contributed by atoms with Gasteiger partial charge in [0.25, 0.3) is 0 Å². The summed E-state index contributed by atoms with van der Waals surface area (Å²) in [6.45, 7) is 1.78. The highest BCUT2D eigenvalue weighted by atomic mass is 32.2. The van der Waals surface area contributed by atoms with Crippen molar-refractivity contribution in [3.8, 4) is 0 Å². The van der Waals surface area contributed by atoms with Crippen molar-refractivity contribution in [3.63, 3.8) is 0 Å². The molecule has 0 aromatic heterocycles. The summed E-state index contributed by atoms with van der Waals surface area (Å²) >= 11 is 1.04. The minimum atomic E-state index is -0.967. The number of thioether (sulfide) groups is 1. The third kappa shape index (κ3) is 4.26. The fourth-order valence-corrected chi connectivity index (χ4v) is 2.36. The molecule has 2 rings (SSSR count). The Morgan fingerprint density at radius 2 is 1.76 bits per heavy atom. The van der Waals surface area contributed by atoms with Crippen molar-refractivity contribution in [1.82, 2.24) is 0 Å². The predicted octanol–water partition coefficient (Wildman–Crippen LogP) is 4.14. The Balaban J connectivity index is 1.95. The minimum absolute atomic E-state index is 0.0293. The normalized spacial score (nSPS) is 10.5. The van der Waals surface area contributed by atoms with Gasteiger partial charge >= 0.3 is 0 Å². The molecule has 0 heterocycles. The van der Waals surface area contributed by atoms with Gasteiger partial charge in [0, 0.05) is 4.90 Å². The van der Waals surface area contributed by atoms with Gasteiger partial charge in [-0.15, -0.1) is 11.8 Å². The first kappa shape index (κ1) is 15.4. The largest absolute Gasteiger partial charge is 0.323 e. The summed E-state index contributed by atoms with van der Waals surface area (Å²) in [5.41, 5.74) is 0.922. The van der Waals surface area contributed by atoms with Crippen LogP contribution in [0.3, 0.4) is 0 Å². The topological polar surface area (TPSA) is 29.1 Å². The quantitative estimate of drug-likeness (QED) is 0.860. The van der Waals surface area contributed by atoms with Crippen LogP contribution < -0.4 is 5.32 Å². The number of aryl methyl sites for hydroxylation is 1. The van der Waals surface area contributed by atoms with E-state index < -0.39 is 23.4 Å². The van der Waals surface area contributed by atoms with E-state index in [0.717, 1.165) is 29.5 Å². The number of hydrogen-bond donors (Lipinski definition) is 1. The van der Waals surface area contributed by atoms with Crippen molar-refractivity contribution in [2.45, 2.75) is 11.8 Å². The Hall–Kier alpha value is -1.95. The highest BCUT2D eigenvalue weighted by Crippen LogP contribution is 2.21. The number of amides is 1. The van der Waals surface area contributed by atoms with Crippen LogP contribution in [0.1, 0.15) is 5.56 Å². The first-order chi connectivity index (χ1) is 9.95. The lowest BCUT2D eigenvalue weighted by molar-refractivity contribution is -0.113. The smallest absolute Gasteiger partial charge is 0.234 e. The Morgan fingerprint density at radius 1 is 1.05 bits per heavy atom. The summed E-state index contributed by atoms with van der Waals surface area (Å²) < 4.78 is 39.2.